The van der Waals surface area contributed by atoms with Gasteiger partial charge in [0.1, 0.15) is 11.6 Å². The van der Waals surface area contributed by atoms with E-state index in [-0.39, 0.29) is 5.84 Å². The minimum absolute atomic E-state index is 0.108. The Labute approximate surface area is 125 Å². The fraction of sp³-hybridized carbons (Fsp3) is 0.235. The summed E-state index contributed by atoms with van der Waals surface area (Å²) in [5, 5.41) is 7.64. The zero-order valence-electron chi connectivity index (χ0n) is 12.5. The van der Waals surface area contributed by atoms with Gasteiger partial charge in [-0.25, -0.2) is 0 Å². The average Bonchev–Trinajstić information content (AvgIpc) is 2.48. The predicted octanol–water partition coefficient (Wildman–Crippen LogP) is 2.61. The fourth-order valence-electron chi connectivity index (χ4n) is 2.39. The third-order valence-electron chi connectivity index (χ3n) is 3.38. The molecule has 0 radical (unpaired) electrons. The van der Waals surface area contributed by atoms with E-state index in [1.807, 2.05) is 49.5 Å². The second kappa shape index (κ2) is 6.90. The van der Waals surface area contributed by atoms with E-state index in [4.69, 9.17) is 15.9 Å². The maximum atomic E-state index is 7.64. The molecule has 0 unspecified atom stereocenters. The van der Waals surface area contributed by atoms with Crippen LogP contribution in [0.15, 0.2) is 48.5 Å². The molecule has 4 nitrogen and oxygen atoms in total. The number of nitrogens with one attached hydrogen (secondary N) is 1. The molecule has 0 aliphatic rings. The lowest BCUT2D eigenvalue weighted by Crippen LogP contribution is -2.21. The van der Waals surface area contributed by atoms with Gasteiger partial charge in [-0.3, -0.25) is 10.3 Å². The Morgan fingerprint density at radius 1 is 1.05 bits per heavy atom. The van der Waals surface area contributed by atoms with E-state index in [1.54, 1.807) is 7.11 Å². The predicted molar refractivity (Wildman–Crippen MR) is 85.6 cm³/mol. The van der Waals surface area contributed by atoms with Crippen LogP contribution < -0.4 is 10.5 Å². The van der Waals surface area contributed by atoms with Crippen molar-refractivity contribution in [3.63, 3.8) is 0 Å². The number of benzene rings is 2. The van der Waals surface area contributed by atoms with Gasteiger partial charge in [0.2, 0.25) is 0 Å². The van der Waals surface area contributed by atoms with Crippen LogP contribution in [0.5, 0.6) is 5.75 Å². The number of methoxy groups -OCH3 is 1. The molecule has 4 heteroatoms. The third-order valence-corrected chi connectivity index (χ3v) is 3.38. The molecule has 3 N–H and O–H groups in total. The van der Waals surface area contributed by atoms with E-state index in [2.05, 4.69) is 11.0 Å². The van der Waals surface area contributed by atoms with Crippen LogP contribution in [0.2, 0.25) is 0 Å². The van der Waals surface area contributed by atoms with Gasteiger partial charge in [-0.1, -0.05) is 42.5 Å². The Morgan fingerprint density at radius 2 is 1.62 bits per heavy atom. The van der Waals surface area contributed by atoms with E-state index in [0.29, 0.717) is 0 Å². The number of hydrogen-bond acceptors (Lipinski definition) is 3. The second-order valence-electron chi connectivity index (χ2n) is 5.05. The van der Waals surface area contributed by atoms with Crippen molar-refractivity contribution >= 4 is 5.84 Å². The van der Waals surface area contributed by atoms with E-state index >= 15 is 0 Å². The van der Waals surface area contributed by atoms with Gasteiger partial charge in [-0.05, 0) is 18.7 Å². The highest BCUT2D eigenvalue weighted by Gasteiger charge is 2.09. The first kappa shape index (κ1) is 15.1. The van der Waals surface area contributed by atoms with Gasteiger partial charge >= 0.3 is 0 Å². The first-order valence-electron chi connectivity index (χ1n) is 6.84. The molecule has 2 aromatic carbocycles. The number of ether oxygens (including phenoxy) is 1. The zero-order chi connectivity index (χ0) is 15.2. The Hall–Kier alpha value is -2.33. The van der Waals surface area contributed by atoms with Crippen molar-refractivity contribution in [1.29, 1.82) is 5.41 Å². The number of para-hydroxylation sites is 1. The highest BCUT2D eigenvalue weighted by molar-refractivity contribution is 5.96. The number of nitrogens with zero attached hydrogens (tertiary/aromatic N) is 1. The molecule has 0 saturated heterocycles. The highest BCUT2D eigenvalue weighted by Crippen LogP contribution is 2.20. The molecule has 0 amide bonds. The Balaban J connectivity index is 2.12. The van der Waals surface area contributed by atoms with E-state index in [9.17, 15) is 0 Å². The van der Waals surface area contributed by atoms with Crippen LogP contribution in [0.25, 0.3) is 0 Å². The molecule has 0 fully saturated rings. The van der Waals surface area contributed by atoms with E-state index < -0.39 is 0 Å². The van der Waals surface area contributed by atoms with Gasteiger partial charge in [-0.15, -0.1) is 0 Å². The van der Waals surface area contributed by atoms with Crippen LogP contribution in [0.4, 0.5) is 0 Å². The standard InChI is InChI=1S/C17H21N3O/c1-20(12-14-8-4-6-10-16(14)21-2)11-13-7-3-5-9-15(13)17(18)19/h3-10H,11-12H2,1-2H3,(H3,18,19). The minimum atomic E-state index is 0.108. The zero-order valence-corrected chi connectivity index (χ0v) is 12.5. The van der Waals surface area contributed by atoms with Crippen LogP contribution in [0.3, 0.4) is 0 Å². The third kappa shape index (κ3) is 3.83. The summed E-state index contributed by atoms with van der Waals surface area (Å²) in [5.41, 5.74) is 8.63. The molecule has 21 heavy (non-hydrogen) atoms. The van der Waals surface area contributed by atoms with Gasteiger partial charge < -0.3 is 10.5 Å². The van der Waals surface area contributed by atoms with Gasteiger partial charge in [0, 0.05) is 24.2 Å². The summed E-state index contributed by atoms with van der Waals surface area (Å²) < 4.78 is 5.38. The number of hydrogen-bond donors (Lipinski definition) is 2. The topological polar surface area (TPSA) is 62.3 Å². The molecule has 2 aromatic rings. The lowest BCUT2D eigenvalue weighted by atomic mass is 10.1. The lowest BCUT2D eigenvalue weighted by molar-refractivity contribution is 0.310. The summed E-state index contributed by atoms with van der Waals surface area (Å²) in [6, 6.07) is 15.8. The van der Waals surface area contributed by atoms with Crippen molar-refractivity contribution in [2.45, 2.75) is 13.1 Å². The van der Waals surface area contributed by atoms with Crippen LogP contribution >= 0.6 is 0 Å². The van der Waals surface area contributed by atoms with Crippen LogP contribution in [-0.4, -0.2) is 24.9 Å². The minimum Gasteiger partial charge on any atom is -0.496 e. The molecule has 0 atom stereocenters. The molecule has 0 spiro atoms. The Bertz CT molecular complexity index is 625. The molecule has 0 heterocycles. The molecule has 0 aliphatic heterocycles. The van der Waals surface area contributed by atoms with Crippen LogP contribution in [-0.2, 0) is 13.1 Å². The molecule has 2 rings (SSSR count). The van der Waals surface area contributed by atoms with Crippen LogP contribution in [0, 0.1) is 5.41 Å². The average molecular weight is 283 g/mol. The number of nitrogen functional groups attached to an aromatic ring is 1. The first-order chi connectivity index (χ1) is 10.1. The maximum Gasteiger partial charge on any atom is 0.123 e. The quantitative estimate of drug-likeness (QED) is 0.633. The van der Waals surface area contributed by atoms with Gasteiger partial charge in [0.05, 0.1) is 7.11 Å². The summed E-state index contributed by atoms with van der Waals surface area (Å²) in [4.78, 5) is 2.18. The lowest BCUT2D eigenvalue weighted by Gasteiger charge is -2.20. The summed E-state index contributed by atoms with van der Waals surface area (Å²) in [5.74, 6) is 1.00. The first-order valence-corrected chi connectivity index (χ1v) is 6.84. The maximum absolute atomic E-state index is 7.64. The molecular weight excluding hydrogens is 262 g/mol. The molecule has 0 bridgehead atoms. The van der Waals surface area contributed by atoms with E-state index in [0.717, 1.165) is 35.5 Å². The molecule has 0 aliphatic carbocycles. The summed E-state index contributed by atoms with van der Waals surface area (Å²) >= 11 is 0. The van der Waals surface area contributed by atoms with Crippen molar-refractivity contribution in [1.82, 2.24) is 4.90 Å². The number of amidine groups is 1. The van der Waals surface area contributed by atoms with Crippen molar-refractivity contribution in [2.24, 2.45) is 5.73 Å². The Morgan fingerprint density at radius 3 is 2.29 bits per heavy atom. The summed E-state index contributed by atoms with van der Waals surface area (Å²) in [6.07, 6.45) is 0. The monoisotopic (exact) mass is 283 g/mol. The smallest absolute Gasteiger partial charge is 0.123 e. The van der Waals surface area contributed by atoms with Crippen molar-refractivity contribution < 1.29 is 4.74 Å². The highest BCUT2D eigenvalue weighted by atomic mass is 16.5. The second-order valence-corrected chi connectivity index (χ2v) is 5.05. The Kier molecular flexibility index (Phi) is 4.95. The normalized spacial score (nSPS) is 10.6. The summed E-state index contributed by atoms with van der Waals surface area (Å²) in [6.45, 7) is 1.50. The SMILES string of the molecule is COc1ccccc1CN(C)Cc1ccccc1C(=N)N. The van der Waals surface area contributed by atoms with Gasteiger partial charge in [0.15, 0.2) is 0 Å². The summed E-state index contributed by atoms with van der Waals surface area (Å²) in [7, 11) is 3.73. The van der Waals surface area contributed by atoms with Gasteiger partial charge in [0.25, 0.3) is 0 Å². The van der Waals surface area contributed by atoms with Crippen molar-refractivity contribution in [3.8, 4) is 5.75 Å². The van der Waals surface area contributed by atoms with E-state index in [1.165, 1.54) is 0 Å². The largest absolute Gasteiger partial charge is 0.496 e. The molecule has 0 aromatic heterocycles. The van der Waals surface area contributed by atoms with Crippen molar-refractivity contribution in [3.05, 3.63) is 65.2 Å². The number of nitrogens with two attached hydrogens (primary N) is 1. The van der Waals surface area contributed by atoms with Crippen LogP contribution in [0.1, 0.15) is 16.7 Å². The molecular formula is C17H21N3O. The van der Waals surface area contributed by atoms with Crippen molar-refractivity contribution in [2.75, 3.05) is 14.2 Å². The fourth-order valence-corrected chi connectivity index (χ4v) is 2.39. The molecule has 0 saturated carbocycles. The number of rotatable bonds is 6. The molecule has 110 valence electrons. The van der Waals surface area contributed by atoms with Gasteiger partial charge in [-0.2, -0.15) is 0 Å².